The first-order chi connectivity index (χ1) is 13.9. The molecule has 8 heteroatoms. The Morgan fingerprint density at radius 1 is 1.03 bits per heavy atom. The number of nitro groups is 1. The van der Waals surface area contributed by atoms with Crippen LogP contribution in [0, 0.1) is 10.1 Å². The topological polar surface area (TPSA) is 85.4 Å². The Bertz CT molecular complexity index is 1190. The second kappa shape index (κ2) is 7.18. The Kier molecular flexibility index (Phi) is 4.68. The summed E-state index contributed by atoms with van der Waals surface area (Å²) in [6, 6.07) is 13.3. The molecule has 7 nitrogen and oxygen atoms in total. The van der Waals surface area contributed by atoms with Crippen LogP contribution in [0.15, 0.2) is 59.8 Å². The second-order valence-corrected chi connectivity index (χ2v) is 7.17. The van der Waals surface area contributed by atoms with Gasteiger partial charge in [-0.15, -0.1) is 0 Å². The predicted molar refractivity (Wildman–Crippen MR) is 109 cm³/mol. The van der Waals surface area contributed by atoms with Crippen LogP contribution < -0.4 is 0 Å². The lowest BCUT2D eigenvalue weighted by atomic mass is 10.1. The van der Waals surface area contributed by atoms with Gasteiger partial charge in [0, 0.05) is 42.8 Å². The van der Waals surface area contributed by atoms with Gasteiger partial charge in [0.1, 0.15) is 5.03 Å². The lowest BCUT2D eigenvalue weighted by Gasteiger charge is -2.14. The van der Waals surface area contributed by atoms with Crippen molar-refractivity contribution >= 4 is 45.6 Å². The Hall–Kier alpha value is -3.45. The molecule has 2 heterocycles. The molecule has 0 spiro atoms. The van der Waals surface area contributed by atoms with E-state index in [1.54, 1.807) is 0 Å². The van der Waals surface area contributed by atoms with E-state index in [0.717, 1.165) is 21.4 Å². The average molecular weight is 410 g/mol. The standard InChI is InChI=1S/C21H16ClN3O4/c1-23-12-14(16-4-2-3-5-17(16)23)10-11-24-20(26)18(19(22)21(24)27)13-6-8-15(9-7-13)25(28)29/h2-9,12H,10-11H2,1H3. The number of aryl methyl sites for hydroxylation is 1. The van der Waals surface area contributed by atoms with Crippen molar-refractivity contribution < 1.29 is 14.5 Å². The number of rotatable bonds is 5. The smallest absolute Gasteiger partial charge is 0.273 e. The van der Waals surface area contributed by atoms with Crippen LogP contribution in [0.2, 0.25) is 0 Å². The van der Waals surface area contributed by atoms with Gasteiger partial charge in [0.25, 0.3) is 17.5 Å². The molecule has 0 radical (unpaired) electrons. The molecule has 0 N–H and O–H groups in total. The Labute approximate surface area is 170 Å². The minimum atomic E-state index is -0.551. The maximum atomic E-state index is 12.9. The number of imide groups is 1. The predicted octanol–water partition coefficient (Wildman–Crippen LogP) is 3.65. The Morgan fingerprint density at radius 2 is 1.72 bits per heavy atom. The Balaban J connectivity index is 1.56. The number of para-hydroxylation sites is 1. The van der Waals surface area contributed by atoms with Gasteiger partial charge in [-0.1, -0.05) is 29.8 Å². The van der Waals surface area contributed by atoms with E-state index >= 15 is 0 Å². The molecule has 0 saturated heterocycles. The highest BCUT2D eigenvalue weighted by molar-refractivity contribution is 6.55. The van der Waals surface area contributed by atoms with Crippen LogP contribution in [0.1, 0.15) is 11.1 Å². The van der Waals surface area contributed by atoms with E-state index in [4.69, 9.17) is 11.6 Å². The molecule has 0 unspecified atom stereocenters. The number of fused-ring (bicyclic) bond motifs is 1. The highest BCUT2D eigenvalue weighted by atomic mass is 35.5. The van der Waals surface area contributed by atoms with Crippen molar-refractivity contribution in [2.24, 2.45) is 7.05 Å². The van der Waals surface area contributed by atoms with Gasteiger partial charge in [-0.25, -0.2) is 0 Å². The van der Waals surface area contributed by atoms with Gasteiger partial charge < -0.3 is 4.57 Å². The number of nitro benzene ring substituents is 1. The fraction of sp³-hybridized carbons (Fsp3) is 0.143. The number of nitrogens with zero attached hydrogens (tertiary/aromatic N) is 3. The van der Waals surface area contributed by atoms with E-state index in [1.807, 2.05) is 42.1 Å². The zero-order valence-corrected chi connectivity index (χ0v) is 16.2. The van der Waals surface area contributed by atoms with Crippen LogP contribution >= 0.6 is 11.6 Å². The number of amides is 2. The van der Waals surface area contributed by atoms with E-state index in [1.165, 1.54) is 24.3 Å². The highest BCUT2D eigenvalue weighted by Gasteiger charge is 2.38. The number of non-ortho nitro benzene ring substituents is 1. The van der Waals surface area contributed by atoms with Gasteiger partial charge in [0.2, 0.25) is 0 Å². The van der Waals surface area contributed by atoms with E-state index in [2.05, 4.69) is 0 Å². The summed E-state index contributed by atoms with van der Waals surface area (Å²) >= 11 is 6.17. The maximum Gasteiger partial charge on any atom is 0.273 e. The molecule has 1 aliphatic rings. The summed E-state index contributed by atoms with van der Waals surface area (Å²) in [5.74, 6) is -1.04. The SMILES string of the molecule is Cn1cc(CCN2C(=O)C(Cl)=C(c3ccc([N+](=O)[O-])cc3)C2=O)c2ccccc21. The van der Waals surface area contributed by atoms with Gasteiger partial charge >= 0.3 is 0 Å². The Morgan fingerprint density at radius 3 is 2.41 bits per heavy atom. The van der Waals surface area contributed by atoms with Gasteiger partial charge in [-0.3, -0.25) is 24.6 Å². The van der Waals surface area contributed by atoms with Crippen molar-refractivity contribution in [3.63, 3.8) is 0 Å². The molecule has 1 aliphatic heterocycles. The minimum Gasteiger partial charge on any atom is -0.350 e. The third kappa shape index (κ3) is 3.19. The number of hydrogen-bond acceptors (Lipinski definition) is 4. The van der Waals surface area contributed by atoms with Crippen molar-refractivity contribution in [3.05, 3.63) is 81.0 Å². The average Bonchev–Trinajstić information content (AvgIpc) is 3.14. The lowest BCUT2D eigenvalue weighted by Crippen LogP contribution is -2.33. The molecule has 0 fully saturated rings. The molecule has 0 bridgehead atoms. The zero-order valence-electron chi connectivity index (χ0n) is 15.5. The molecule has 4 rings (SSSR count). The summed E-state index contributed by atoms with van der Waals surface area (Å²) in [4.78, 5) is 36.8. The summed E-state index contributed by atoms with van der Waals surface area (Å²) in [6.45, 7) is 0.193. The fourth-order valence-electron chi connectivity index (χ4n) is 3.61. The fourth-order valence-corrected chi connectivity index (χ4v) is 3.90. The van der Waals surface area contributed by atoms with Crippen molar-refractivity contribution in [1.29, 1.82) is 0 Å². The molecule has 2 amide bonds. The van der Waals surface area contributed by atoms with Crippen LogP contribution in [0.5, 0.6) is 0 Å². The van der Waals surface area contributed by atoms with Gasteiger partial charge in [-0.05, 0) is 35.7 Å². The van der Waals surface area contributed by atoms with Crippen LogP contribution in [-0.4, -0.2) is 32.7 Å². The monoisotopic (exact) mass is 409 g/mol. The molecule has 0 aliphatic carbocycles. The highest BCUT2D eigenvalue weighted by Crippen LogP contribution is 2.33. The van der Waals surface area contributed by atoms with Crippen molar-refractivity contribution in [2.75, 3.05) is 6.54 Å². The normalized spacial score (nSPS) is 14.3. The summed E-state index contributed by atoms with van der Waals surface area (Å²) in [6.07, 6.45) is 2.48. The van der Waals surface area contributed by atoms with Crippen LogP contribution in [0.25, 0.3) is 16.5 Å². The lowest BCUT2D eigenvalue weighted by molar-refractivity contribution is -0.384. The van der Waals surface area contributed by atoms with Gasteiger partial charge in [0.05, 0.1) is 10.5 Å². The maximum absolute atomic E-state index is 12.9. The quantitative estimate of drug-likeness (QED) is 0.365. The number of carbonyl (C=O) groups excluding carboxylic acids is 2. The van der Waals surface area contributed by atoms with Crippen molar-refractivity contribution in [1.82, 2.24) is 9.47 Å². The third-order valence-corrected chi connectivity index (χ3v) is 5.41. The van der Waals surface area contributed by atoms with Crippen LogP contribution in [0.3, 0.4) is 0 Å². The van der Waals surface area contributed by atoms with E-state index in [9.17, 15) is 19.7 Å². The molecular weight excluding hydrogens is 394 g/mol. The summed E-state index contributed by atoms with van der Waals surface area (Å²) in [7, 11) is 1.95. The van der Waals surface area contributed by atoms with Crippen molar-refractivity contribution in [2.45, 2.75) is 6.42 Å². The van der Waals surface area contributed by atoms with E-state index < -0.39 is 16.7 Å². The first kappa shape index (κ1) is 18.9. The summed E-state index contributed by atoms with van der Waals surface area (Å²) in [5.41, 5.74) is 2.46. The zero-order chi connectivity index (χ0) is 20.7. The first-order valence-corrected chi connectivity index (χ1v) is 9.30. The second-order valence-electron chi connectivity index (χ2n) is 6.79. The molecule has 29 heavy (non-hydrogen) atoms. The van der Waals surface area contributed by atoms with Crippen LogP contribution in [-0.2, 0) is 23.1 Å². The summed E-state index contributed by atoms with van der Waals surface area (Å²) < 4.78 is 2.01. The number of benzene rings is 2. The van der Waals surface area contributed by atoms with E-state index in [-0.39, 0.29) is 22.8 Å². The van der Waals surface area contributed by atoms with Crippen molar-refractivity contribution in [3.8, 4) is 0 Å². The first-order valence-electron chi connectivity index (χ1n) is 8.92. The van der Waals surface area contributed by atoms with Gasteiger partial charge in [-0.2, -0.15) is 0 Å². The molecule has 0 saturated carbocycles. The molecule has 146 valence electrons. The largest absolute Gasteiger partial charge is 0.350 e. The van der Waals surface area contributed by atoms with Gasteiger partial charge in [0.15, 0.2) is 0 Å². The number of hydrogen-bond donors (Lipinski definition) is 0. The minimum absolute atomic E-state index is 0.0736. The number of carbonyl (C=O) groups is 2. The molecule has 2 aromatic carbocycles. The summed E-state index contributed by atoms with van der Waals surface area (Å²) in [5, 5.41) is 11.7. The number of aromatic nitrogens is 1. The third-order valence-electron chi connectivity index (χ3n) is 5.06. The van der Waals surface area contributed by atoms with Crippen LogP contribution in [0.4, 0.5) is 5.69 Å². The molecule has 0 atom stereocenters. The molecule has 1 aromatic heterocycles. The van der Waals surface area contributed by atoms with E-state index in [0.29, 0.717) is 12.0 Å². The number of halogens is 1. The molecular formula is C21H16ClN3O4. The molecule has 3 aromatic rings.